The van der Waals surface area contributed by atoms with E-state index in [1.54, 1.807) is 0 Å². The summed E-state index contributed by atoms with van der Waals surface area (Å²) < 4.78 is 1.19. The number of anilines is 1. The minimum atomic E-state index is -0.334. The first-order chi connectivity index (χ1) is 9.08. The molecule has 0 fully saturated rings. The van der Waals surface area contributed by atoms with E-state index in [1.165, 1.54) is 16.8 Å². The van der Waals surface area contributed by atoms with Crippen LogP contribution < -0.4 is 16.4 Å². The Bertz CT molecular complexity index is 689. The fourth-order valence-corrected chi connectivity index (χ4v) is 1.69. The van der Waals surface area contributed by atoms with Crippen LogP contribution in [0.25, 0.3) is 0 Å². The van der Waals surface area contributed by atoms with E-state index in [-0.39, 0.29) is 17.7 Å². The van der Waals surface area contributed by atoms with Crippen molar-refractivity contribution in [3.05, 3.63) is 50.4 Å². The Morgan fingerprint density at radius 2 is 2.11 bits per heavy atom. The van der Waals surface area contributed by atoms with E-state index in [0.29, 0.717) is 11.6 Å². The van der Waals surface area contributed by atoms with Crippen molar-refractivity contribution < 1.29 is 0 Å². The Kier molecular flexibility index (Phi) is 3.74. The highest BCUT2D eigenvalue weighted by Crippen LogP contribution is 2.06. The second kappa shape index (κ2) is 5.47. The molecule has 0 aliphatic carbocycles. The van der Waals surface area contributed by atoms with Crippen LogP contribution in [-0.2, 0) is 6.54 Å². The van der Waals surface area contributed by atoms with E-state index < -0.39 is 0 Å². The maximum absolute atomic E-state index is 11.6. The van der Waals surface area contributed by atoms with Gasteiger partial charge in [0.05, 0.1) is 0 Å². The van der Waals surface area contributed by atoms with Gasteiger partial charge in [-0.2, -0.15) is 0 Å². The molecule has 2 aromatic rings. The number of H-pyrrole nitrogens is 1. The summed E-state index contributed by atoms with van der Waals surface area (Å²) in [4.78, 5) is 31.3. The van der Waals surface area contributed by atoms with Crippen LogP contribution in [0.5, 0.6) is 0 Å². The number of aromatic amines is 1. The summed E-state index contributed by atoms with van der Waals surface area (Å²) in [6, 6.07) is 4.24. The molecular formula is C12H15N5O2. The van der Waals surface area contributed by atoms with Gasteiger partial charge in [0.2, 0.25) is 0 Å². The summed E-state index contributed by atoms with van der Waals surface area (Å²) >= 11 is 0. The Morgan fingerprint density at radius 3 is 2.84 bits per heavy atom. The zero-order valence-electron chi connectivity index (χ0n) is 10.8. The highest BCUT2D eigenvalue weighted by Gasteiger charge is 2.04. The monoisotopic (exact) mass is 261 g/mol. The van der Waals surface area contributed by atoms with E-state index in [0.717, 1.165) is 12.2 Å². The largest absolute Gasteiger partial charge is 0.370 e. The normalized spacial score (nSPS) is 10.4. The Labute approximate surface area is 109 Å². The summed E-state index contributed by atoms with van der Waals surface area (Å²) in [6.45, 7) is 4.70. The Balaban J connectivity index is 2.35. The van der Waals surface area contributed by atoms with Gasteiger partial charge in [-0.05, 0) is 13.8 Å². The summed E-state index contributed by atoms with van der Waals surface area (Å²) in [5.74, 6) is 1.18. The molecule has 19 heavy (non-hydrogen) atoms. The highest BCUT2D eigenvalue weighted by atomic mass is 16.1. The highest BCUT2D eigenvalue weighted by molar-refractivity contribution is 5.35. The quantitative estimate of drug-likeness (QED) is 0.815. The predicted octanol–water partition coefficient (Wildman–Crippen LogP) is 0.115. The van der Waals surface area contributed by atoms with Crippen molar-refractivity contribution in [3.8, 4) is 0 Å². The van der Waals surface area contributed by atoms with Crippen molar-refractivity contribution in [2.45, 2.75) is 20.4 Å². The molecule has 2 rings (SSSR count). The van der Waals surface area contributed by atoms with Gasteiger partial charge in [0.25, 0.3) is 11.1 Å². The molecule has 0 radical (unpaired) electrons. The van der Waals surface area contributed by atoms with Crippen LogP contribution in [0.2, 0.25) is 0 Å². The van der Waals surface area contributed by atoms with Gasteiger partial charge < -0.3 is 5.32 Å². The van der Waals surface area contributed by atoms with Crippen LogP contribution in [0, 0.1) is 6.92 Å². The smallest absolute Gasteiger partial charge is 0.265 e. The lowest BCUT2D eigenvalue weighted by Gasteiger charge is -2.08. The van der Waals surface area contributed by atoms with Crippen LogP contribution in [0.1, 0.15) is 18.4 Å². The molecule has 0 bridgehead atoms. The number of aromatic nitrogens is 4. The number of rotatable bonds is 4. The van der Waals surface area contributed by atoms with E-state index in [2.05, 4.69) is 20.4 Å². The molecule has 0 spiro atoms. The molecule has 0 amide bonds. The first-order valence-electron chi connectivity index (χ1n) is 5.97. The molecule has 0 saturated heterocycles. The first kappa shape index (κ1) is 13.0. The summed E-state index contributed by atoms with van der Waals surface area (Å²) in [6.07, 6.45) is 0. The third-order valence-electron chi connectivity index (χ3n) is 2.45. The summed E-state index contributed by atoms with van der Waals surface area (Å²) in [7, 11) is 0. The maximum Gasteiger partial charge on any atom is 0.265 e. The molecule has 2 heterocycles. The molecule has 2 aromatic heterocycles. The van der Waals surface area contributed by atoms with Gasteiger partial charge in [0, 0.05) is 30.4 Å². The topological polar surface area (TPSA) is 92.7 Å². The van der Waals surface area contributed by atoms with Gasteiger partial charge in [0.1, 0.15) is 12.4 Å². The van der Waals surface area contributed by atoms with Crippen LogP contribution in [0.3, 0.4) is 0 Å². The van der Waals surface area contributed by atoms with Crippen LogP contribution in [-0.4, -0.2) is 26.3 Å². The Morgan fingerprint density at radius 1 is 1.32 bits per heavy atom. The number of nitrogens with zero attached hydrogens (tertiary/aromatic N) is 3. The molecule has 7 heteroatoms. The molecule has 7 nitrogen and oxygen atoms in total. The van der Waals surface area contributed by atoms with E-state index >= 15 is 0 Å². The van der Waals surface area contributed by atoms with Gasteiger partial charge in [-0.1, -0.05) is 0 Å². The molecular weight excluding hydrogens is 246 g/mol. The second-order valence-electron chi connectivity index (χ2n) is 4.07. The average Bonchev–Trinajstić information content (AvgIpc) is 2.33. The number of nitrogens with one attached hydrogen (secondary N) is 2. The van der Waals surface area contributed by atoms with Crippen molar-refractivity contribution in [2.75, 3.05) is 11.9 Å². The van der Waals surface area contributed by atoms with Crippen molar-refractivity contribution in [1.82, 2.24) is 19.7 Å². The fraction of sp³-hybridized carbons (Fsp3) is 0.333. The van der Waals surface area contributed by atoms with Crippen LogP contribution in [0.4, 0.5) is 5.82 Å². The summed E-state index contributed by atoms with van der Waals surface area (Å²) in [5, 5.41) is 5.53. The molecule has 2 N–H and O–H groups in total. The lowest BCUT2D eigenvalue weighted by Crippen LogP contribution is -2.29. The minimum Gasteiger partial charge on any atom is -0.370 e. The zero-order chi connectivity index (χ0) is 13.8. The van der Waals surface area contributed by atoms with E-state index in [9.17, 15) is 9.59 Å². The van der Waals surface area contributed by atoms with Crippen molar-refractivity contribution >= 4 is 5.82 Å². The van der Waals surface area contributed by atoms with Gasteiger partial charge in [-0.25, -0.2) is 14.6 Å². The predicted molar refractivity (Wildman–Crippen MR) is 71.4 cm³/mol. The van der Waals surface area contributed by atoms with Gasteiger partial charge in [-0.15, -0.1) is 0 Å². The lowest BCUT2D eigenvalue weighted by molar-refractivity contribution is 0.603. The standard InChI is InChI=1S/C12H15N5O2/c1-3-13-9-6-8(2)14-10(15-9)7-17-12(19)5-4-11(18)16-17/h4-6H,3,7H2,1-2H3,(H,16,18)(H,13,14,15). The molecule has 0 aliphatic heterocycles. The maximum atomic E-state index is 11.6. The minimum absolute atomic E-state index is 0.134. The van der Waals surface area contributed by atoms with Crippen LogP contribution in [0.15, 0.2) is 27.8 Å². The number of hydrogen-bond acceptors (Lipinski definition) is 5. The molecule has 0 aromatic carbocycles. The second-order valence-corrected chi connectivity index (χ2v) is 4.07. The first-order valence-corrected chi connectivity index (χ1v) is 5.97. The molecule has 0 unspecified atom stereocenters. The molecule has 0 atom stereocenters. The summed E-state index contributed by atoms with van der Waals surface area (Å²) in [5.41, 5.74) is 0.168. The SMILES string of the molecule is CCNc1cc(C)nc(Cn2[nH]c(=O)ccc2=O)n1. The molecule has 100 valence electrons. The van der Waals surface area contributed by atoms with Gasteiger partial charge >= 0.3 is 0 Å². The van der Waals surface area contributed by atoms with E-state index in [1.807, 2.05) is 19.9 Å². The third kappa shape index (κ3) is 3.27. The van der Waals surface area contributed by atoms with Crippen LogP contribution >= 0.6 is 0 Å². The molecule has 0 saturated carbocycles. The van der Waals surface area contributed by atoms with Crippen molar-refractivity contribution in [2.24, 2.45) is 0 Å². The van der Waals surface area contributed by atoms with E-state index in [4.69, 9.17) is 0 Å². The third-order valence-corrected chi connectivity index (χ3v) is 2.45. The van der Waals surface area contributed by atoms with Gasteiger partial charge in [0.15, 0.2) is 5.82 Å². The van der Waals surface area contributed by atoms with Crippen molar-refractivity contribution in [3.63, 3.8) is 0 Å². The molecule has 0 aliphatic rings. The fourth-order valence-electron chi connectivity index (χ4n) is 1.69. The number of aryl methyl sites for hydroxylation is 1. The van der Waals surface area contributed by atoms with Crippen molar-refractivity contribution in [1.29, 1.82) is 0 Å². The zero-order valence-corrected chi connectivity index (χ0v) is 10.8. The Hall–Kier alpha value is -2.44. The number of hydrogen-bond donors (Lipinski definition) is 2. The van der Waals surface area contributed by atoms with Gasteiger partial charge in [-0.3, -0.25) is 14.7 Å². The average molecular weight is 261 g/mol. The lowest BCUT2D eigenvalue weighted by atomic mass is 10.4.